The zero-order chi connectivity index (χ0) is 12.3. The summed E-state index contributed by atoms with van der Waals surface area (Å²) < 4.78 is 1.81. The second-order valence-electron chi connectivity index (χ2n) is 3.45. The molecule has 7 heteroatoms. The molecule has 0 saturated carbocycles. The highest BCUT2D eigenvalue weighted by Gasteiger charge is 2.16. The zero-order valence-corrected chi connectivity index (χ0v) is 8.91. The van der Waals surface area contributed by atoms with E-state index in [2.05, 4.69) is 10.4 Å². The van der Waals surface area contributed by atoms with Crippen LogP contribution in [0.2, 0.25) is 0 Å². The van der Waals surface area contributed by atoms with Crippen LogP contribution in [0.15, 0.2) is 36.9 Å². The highest BCUT2D eigenvalue weighted by Crippen LogP contribution is 2.27. The lowest BCUT2D eigenvalue weighted by Gasteiger charge is -2.09. The molecular formula is C10H11N5O2. The number of nitrogen functional groups attached to an aromatic ring is 1. The monoisotopic (exact) mass is 233 g/mol. The number of anilines is 1. The molecule has 0 aliphatic heterocycles. The van der Waals surface area contributed by atoms with Gasteiger partial charge in [0.15, 0.2) is 0 Å². The first-order chi connectivity index (χ1) is 8.22. The van der Waals surface area contributed by atoms with Crippen LogP contribution in [0.4, 0.5) is 11.4 Å². The van der Waals surface area contributed by atoms with Gasteiger partial charge in [-0.3, -0.25) is 16.0 Å². The number of aromatic nitrogens is 2. The fourth-order valence-electron chi connectivity index (χ4n) is 1.61. The van der Waals surface area contributed by atoms with Crippen LogP contribution in [0.3, 0.4) is 0 Å². The van der Waals surface area contributed by atoms with Gasteiger partial charge < -0.3 is 9.99 Å². The average Bonchev–Trinajstić information content (AvgIpc) is 2.81. The molecule has 17 heavy (non-hydrogen) atoms. The Kier molecular flexibility index (Phi) is 3.01. The van der Waals surface area contributed by atoms with Crippen molar-refractivity contribution in [1.82, 2.24) is 9.55 Å². The summed E-state index contributed by atoms with van der Waals surface area (Å²) in [4.78, 5) is 14.3. The number of imidazole rings is 1. The van der Waals surface area contributed by atoms with Crippen LogP contribution in [0.25, 0.3) is 0 Å². The fraction of sp³-hybridized carbons (Fsp3) is 0.100. The van der Waals surface area contributed by atoms with E-state index in [0.717, 1.165) is 5.56 Å². The molecule has 0 bridgehead atoms. The summed E-state index contributed by atoms with van der Waals surface area (Å²) in [5, 5.41) is 10.8. The SMILES string of the molecule is NNc1c(Cn2ccnc2)cccc1[N+](=O)[O-]. The van der Waals surface area contributed by atoms with Gasteiger partial charge in [-0.25, -0.2) is 4.98 Å². The van der Waals surface area contributed by atoms with Crippen LogP contribution < -0.4 is 11.3 Å². The van der Waals surface area contributed by atoms with Crippen molar-refractivity contribution >= 4 is 11.4 Å². The third kappa shape index (κ3) is 2.23. The lowest BCUT2D eigenvalue weighted by molar-refractivity contribution is -0.384. The van der Waals surface area contributed by atoms with E-state index in [9.17, 15) is 10.1 Å². The maximum atomic E-state index is 10.8. The molecule has 1 aromatic carbocycles. The molecule has 88 valence electrons. The molecule has 0 atom stereocenters. The van der Waals surface area contributed by atoms with Crippen molar-refractivity contribution < 1.29 is 4.92 Å². The first-order valence-electron chi connectivity index (χ1n) is 4.91. The smallest absolute Gasteiger partial charge is 0.293 e. The predicted octanol–water partition coefficient (Wildman–Crippen LogP) is 1.13. The largest absolute Gasteiger partial charge is 0.333 e. The summed E-state index contributed by atoms with van der Waals surface area (Å²) in [6, 6.07) is 4.82. The third-order valence-corrected chi connectivity index (χ3v) is 2.38. The Hall–Kier alpha value is -2.41. The maximum absolute atomic E-state index is 10.8. The van der Waals surface area contributed by atoms with Crippen LogP contribution >= 0.6 is 0 Å². The van der Waals surface area contributed by atoms with Crippen LogP contribution in [-0.2, 0) is 6.54 Å². The quantitative estimate of drug-likeness (QED) is 0.468. The number of para-hydroxylation sites is 1. The van der Waals surface area contributed by atoms with Crippen molar-refractivity contribution in [3.8, 4) is 0 Å². The minimum absolute atomic E-state index is 0.0369. The number of hydrogen-bond acceptors (Lipinski definition) is 5. The lowest BCUT2D eigenvalue weighted by Crippen LogP contribution is -2.12. The van der Waals surface area contributed by atoms with E-state index in [-0.39, 0.29) is 5.69 Å². The van der Waals surface area contributed by atoms with Crippen molar-refractivity contribution in [3.63, 3.8) is 0 Å². The van der Waals surface area contributed by atoms with Gasteiger partial charge in [-0.2, -0.15) is 0 Å². The summed E-state index contributed by atoms with van der Waals surface area (Å²) in [6.45, 7) is 0.473. The Morgan fingerprint density at radius 3 is 2.94 bits per heavy atom. The van der Waals surface area contributed by atoms with E-state index in [4.69, 9.17) is 5.84 Å². The zero-order valence-electron chi connectivity index (χ0n) is 8.91. The number of benzene rings is 1. The Labute approximate surface area is 97.0 Å². The standard InChI is InChI=1S/C10H11N5O2/c11-13-10-8(6-14-5-4-12-7-14)2-1-3-9(10)15(16)17/h1-5,7,13H,6,11H2. The van der Waals surface area contributed by atoms with Crippen molar-refractivity contribution in [3.05, 3.63) is 52.6 Å². The van der Waals surface area contributed by atoms with Crippen LogP contribution in [0.5, 0.6) is 0 Å². The second-order valence-corrected chi connectivity index (χ2v) is 3.45. The molecule has 7 nitrogen and oxygen atoms in total. The van der Waals surface area contributed by atoms with E-state index in [0.29, 0.717) is 12.2 Å². The van der Waals surface area contributed by atoms with Gasteiger partial charge in [0.25, 0.3) is 5.69 Å². The molecule has 2 aromatic rings. The van der Waals surface area contributed by atoms with Gasteiger partial charge in [0.1, 0.15) is 5.69 Å². The van der Waals surface area contributed by atoms with E-state index in [1.165, 1.54) is 6.07 Å². The highest BCUT2D eigenvalue weighted by atomic mass is 16.6. The first kappa shape index (κ1) is 11.1. The van der Waals surface area contributed by atoms with Crippen molar-refractivity contribution in [2.75, 3.05) is 5.43 Å². The summed E-state index contributed by atoms with van der Waals surface area (Å²) in [5.74, 6) is 5.34. The topological polar surface area (TPSA) is 99.0 Å². The van der Waals surface area contributed by atoms with E-state index in [1.807, 2.05) is 0 Å². The molecule has 0 aliphatic carbocycles. The minimum atomic E-state index is -0.466. The summed E-state index contributed by atoms with van der Waals surface area (Å²) >= 11 is 0. The number of nitrogens with two attached hydrogens (primary N) is 1. The molecule has 0 spiro atoms. The number of nitro benzene ring substituents is 1. The molecule has 2 rings (SSSR count). The molecule has 0 fully saturated rings. The Bertz CT molecular complexity index is 523. The molecule has 1 heterocycles. The van der Waals surface area contributed by atoms with E-state index < -0.39 is 4.92 Å². The van der Waals surface area contributed by atoms with Crippen molar-refractivity contribution in [2.24, 2.45) is 5.84 Å². The third-order valence-electron chi connectivity index (χ3n) is 2.38. The predicted molar refractivity (Wildman–Crippen MR) is 62.2 cm³/mol. The normalized spacial score (nSPS) is 10.2. The van der Waals surface area contributed by atoms with Gasteiger partial charge in [-0.1, -0.05) is 12.1 Å². The van der Waals surface area contributed by atoms with Gasteiger partial charge in [-0.05, 0) is 0 Å². The number of hydrazine groups is 1. The highest BCUT2D eigenvalue weighted by molar-refractivity contribution is 5.65. The molecule has 0 saturated heterocycles. The molecule has 0 aliphatic rings. The van der Waals surface area contributed by atoms with Crippen molar-refractivity contribution in [2.45, 2.75) is 6.54 Å². The number of nitrogens with zero attached hydrogens (tertiary/aromatic N) is 3. The van der Waals surface area contributed by atoms with E-state index in [1.54, 1.807) is 35.4 Å². The molecule has 0 unspecified atom stereocenters. The van der Waals surface area contributed by atoms with Crippen molar-refractivity contribution in [1.29, 1.82) is 0 Å². The fourth-order valence-corrected chi connectivity index (χ4v) is 1.61. The number of nitrogens with one attached hydrogen (secondary N) is 1. The molecule has 1 aromatic heterocycles. The van der Waals surface area contributed by atoms with Gasteiger partial charge in [0.05, 0.1) is 17.8 Å². The van der Waals surface area contributed by atoms with Crippen LogP contribution in [0.1, 0.15) is 5.56 Å². The lowest BCUT2D eigenvalue weighted by atomic mass is 10.1. The van der Waals surface area contributed by atoms with E-state index >= 15 is 0 Å². The summed E-state index contributed by atoms with van der Waals surface area (Å²) in [7, 11) is 0. The summed E-state index contributed by atoms with van der Waals surface area (Å²) in [5.41, 5.74) is 3.41. The molecular weight excluding hydrogens is 222 g/mol. The van der Waals surface area contributed by atoms with Crippen LogP contribution in [0, 0.1) is 10.1 Å². The average molecular weight is 233 g/mol. The molecule has 3 N–H and O–H groups in total. The Balaban J connectivity index is 2.40. The number of hydrogen-bond donors (Lipinski definition) is 2. The molecule has 0 amide bonds. The van der Waals surface area contributed by atoms with Gasteiger partial charge in [-0.15, -0.1) is 0 Å². The van der Waals surface area contributed by atoms with Gasteiger partial charge in [0.2, 0.25) is 0 Å². The maximum Gasteiger partial charge on any atom is 0.293 e. The minimum Gasteiger partial charge on any atom is -0.333 e. The Morgan fingerprint density at radius 2 is 2.35 bits per heavy atom. The first-order valence-corrected chi connectivity index (χ1v) is 4.91. The number of rotatable bonds is 4. The Morgan fingerprint density at radius 1 is 1.53 bits per heavy atom. The number of nitro groups is 1. The summed E-state index contributed by atoms with van der Waals surface area (Å²) in [6.07, 6.45) is 5.06. The van der Waals surface area contributed by atoms with Gasteiger partial charge in [0, 0.05) is 24.0 Å². The van der Waals surface area contributed by atoms with Crippen LogP contribution in [-0.4, -0.2) is 14.5 Å². The second kappa shape index (κ2) is 4.62. The van der Waals surface area contributed by atoms with Gasteiger partial charge >= 0.3 is 0 Å². The molecule has 0 radical (unpaired) electrons.